The lowest BCUT2D eigenvalue weighted by Gasteiger charge is -2.34. The summed E-state index contributed by atoms with van der Waals surface area (Å²) in [6.45, 7) is 5.22. The average Bonchev–Trinajstić information content (AvgIpc) is 2.54. The molecule has 1 saturated heterocycles. The van der Waals surface area contributed by atoms with Gasteiger partial charge in [0.25, 0.3) is 5.91 Å². The summed E-state index contributed by atoms with van der Waals surface area (Å²) in [4.78, 5) is 14.5. The Morgan fingerprint density at radius 1 is 1.38 bits per heavy atom. The highest BCUT2D eigenvalue weighted by molar-refractivity contribution is 7.92. The van der Waals surface area contributed by atoms with E-state index >= 15 is 0 Å². The van der Waals surface area contributed by atoms with Gasteiger partial charge in [-0.15, -0.1) is 0 Å². The smallest absolute Gasteiger partial charge is 0.253 e. The third kappa shape index (κ3) is 4.95. The first-order chi connectivity index (χ1) is 11.3. The Hall–Kier alpha value is -1.60. The molecule has 1 aliphatic heterocycles. The van der Waals surface area contributed by atoms with Gasteiger partial charge in [0.15, 0.2) is 0 Å². The Kier molecular flexibility index (Phi) is 6.23. The molecule has 0 bridgehead atoms. The molecule has 0 radical (unpaired) electrons. The third-order valence-electron chi connectivity index (χ3n) is 4.37. The number of amides is 1. The van der Waals surface area contributed by atoms with Crippen LogP contribution in [0.5, 0.6) is 0 Å². The molecule has 2 unspecified atom stereocenters. The Morgan fingerprint density at radius 3 is 2.62 bits per heavy atom. The zero-order valence-electron chi connectivity index (χ0n) is 14.4. The molecule has 0 spiro atoms. The number of hydrogen-bond acceptors (Lipinski definition) is 4. The van der Waals surface area contributed by atoms with Crippen LogP contribution in [-0.4, -0.2) is 44.1 Å². The second-order valence-corrected chi connectivity index (χ2v) is 8.35. The standard InChI is InChI=1S/C17H27N3O3S/c1-3-11-24(22,23)19-16-8-6-14(7-9-16)17(21)20-10-4-5-15(12-20)13(2)18/h6-9,13,15,19H,3-5,10-12,18H2,1-2H3. The zero-order chi connectivity index (χ0) is 17.7. The van der Waals surface area contributed by atoms with Crippen LogP contribution in [0.25, 0.3) is 0 Å². The minimum atomic E-state index is -3.31. The molecule has 1 amide bonds. The molecule has 7 heteroatoms. The molecule has 3 N–H and O–H groups in total. The summed E-state index contributed by atoms with van der Waals surface area (Å²) in [6, 6.07) is 6.68. The number of piperidine rings is 1. The van der Waals surface area contributed by atoms with Crippen molar-refractivity contribution in [3.05, 3.63) is 29.8 Å². The van der Waals surface area contributed by atoms with E-state index in [1.54, 1.807) is 24.3 Å². The van der Waals surface area contributed by atoms with E-state index in [2.05, 4.69) is 4.72 Å². The molecule has 6 nitrogen and oxygen atoms in total. The second-order valence-electron chi connectivity index (χ2n) is 6.51. The molecule has 134 valence electrons. The fourth-order valence-electron chi connectivity index (χ4n) is 2.99. The second kappa shape index (κ2) is 7.98. The molecule has 0 aromatic heterocycles. The lowest BCUT2D eigenvalue weighted by atomic mass is 9.92. The van der Waals surface area contributed by atoms with Gasteiger partial charge in [-0.25, -0.2) is 8.42 Å². The summed E-state index contributed by atoms with van der Waals surface area (Å²) in [5, 5.41) is 0. The predicted molar refractivity (Wildman–Crippen MR) is 96.4 cm³/mol. The van der Waals surface area contributed by atoms with Crippen molar-refractivity contribution in [3.63, 3.8) is 0 Å². The lowest BCUT2D eigenvalue weighted by Crippen LogP contribution is -2.45. The number of anilines is 1. The highest BCUT2D eigenvalue weighted by atomic mass is 32.2. The van der Waals surface area contributed by atoms with E-state index in [1.165, 1.54) is 0 Å². The Labute approximate surface area is 144 Å². The first-order valence-electron chi connectivity index (χ1n) is 8.48. The van der Waals surface area contributed by atoms with Crippen LogP contribution in [0.2, 0.25) is 0 Å². The van der Waals surface area contributed by atoms with Gasteiger partial charge in [-0.05, 0) is 56.4 Å². The molecule has 24 heavy (non-hydrogen) atoms. The van der Waals surface area contributed by atoms with Gasteiger partial charge < -0.3 is 10.6 Å². The van der Waals surface area contributed by atoms with Crippen molar-refractivity contribution in [2.75, 3.05) is 23.6 Å². The molecular weight excluding hydrogens is 326 g/mol. The monoisotopic (exact) mass is 353 g/mol. The topological polar surface area (TPSA) is 92.5 Å². The van der Waals surface area contributed by atoms with Crippen molar-refractivity contribution < 1.29 is 13.2 Å². The van der Waals surface area contributed by atoms with Gasteiger partial charge in [0.05, 0.1) is 5.75 Å². The van der Waals surface area contributed by atoms with Gasteiger partial charge in [-0.2, -0.15) is 0 Å². The fraction of sp³-hybridized carbons (Fsp3) is 0.588. The highest BCUT2D eigenvalue weighted by Crippen LogP contribution is 2.21. The van der Waals surface area contributed by atoms with Gasteiger partial charge in [-0.3, -0.25) is 9.52 Å². The number of nitrogens with zero attached hydrogens (tertiary/aromatic N) is 1. The predicted octanol–water partition coefficient (Wildman–Crippen LogP) is 2.04. The van der Waals surface area contributed by atoms with Crippen molar-refractivity contribution in [2.45, 2.75) is 39.2 Å². The first-order valence-corrected chi connectivity index (χ1v) is 10.1. The Morgan fingerprint density at radius 2 is 2.04 bits per heavy atom. The summed E-state index contributed by atoms with van der Waals surface area (Å²) in [6.07, 6.45) is 2.58. The maximum atomic E-state index is 12.6. The van der Waals surface area contributed by atoms with Crippen molar-refractivity contribution in [1.29, 1.82) is 0 Å². The Balaban J connectivity index is 2.03. The third-order valence-corrected chi connectivity index (χ3v) is 5.86. The number of likely N-dealkylation sites (tertiary alicyclic amines) is 1. The molecule has 0 aliphatic carbocycles. The van der Waals surface area contributed by atoms with E-state index in [9.17, 15) is 13.2 Å². The number of nitrogens with two attached hydrogens (primary N) is 1. The molecule has 2 rings (SSSR count). The number of carbonyl (C=O) groups is 1. The number of benzene rings is 1. The molecule has 1 fully saturated rings. The van der Waals surface area contributed by atoms with Crippen LogP contribution in [0.3, 0.4) is 0 Å². The average molecular weight is 353 g/mol. The maximum Gasteiger partial charge on any atom is 0.253 e. The minimum absolute atomic E-state index is 0.0247. The van der Waals surface area contributed by atoms with E-state index in [4.69, 9.17) is 5.73 Å². The molecule has 1 heterocycles. The number of sulfonamides is 1. The van der Waals surface area contributed by atoms with E-state index < -0.39 is 10.0 Å². The van der Waals surface area contributed by atoms with Crippen LogP contribution < -0.4 is 10.5 Å². The van der Waals surface area contributed by atoms with E-state index in [0.717, 1.165) is 19.4 Å². The van der Waals surface area contributed by atoms with Crippen LogP contribution in [0.15, 0.2) is 24.3 Å². The number of carbonyl (C=O) groups excluding carboxylic acids is 1. The van der Waals surface area contributed by atoms with Gasteiger partial charge in [0.1, 0.15) is 0 Å². The van der Waals surface area contributed by atoms with Crippen molar-refractivity contribution >= 4 is 21.6 Å². The first kappa shape index (κ1) is 18.7. The van der Waals surface area contributed by atoms with Gasteiger partial charge >= 0.3 is 0 Å². The van der Waals surface area contributed by atoms with Gasteiger partial charge in [-0.1, -0.05) is 6.92 Å². The minimum Gasteiger partial charge on any atom is -0.338 e. The molecule has 1 aliphatic rings. The van der Waals surface area contributed by atoms with Crippen LogP contribution in [0.4, 0.5) is 5.69 Å². The molecule has 1 aromatic carbocycles. The highest BCUT2D eigenvalue weighted by Gasteiger charge is 2.26. The SMILES string of the molecule is CCCS(=O)(=O)Nc1ccc(C(=O)N2CCCC(C(C)N)C2)cc1. The van der Waals surface area contributed by atoms with E-state index in [0.29, 0.717) is 30.1 Å². The maximum absolute atomic E-state index is 12.6. The normalized spacial score (nSPS) is 19.8. The van der Waals surface area contributed by atoms with Crippen LogP contribution >= 0.6 is 0 Å². The number of hydrogen-bond donors (Lipinski definition) is 2. The summed E-state index contributed by atoms with van der Waals surface area (Å²) in [5.74, 6) is 0.395. The van der Waals surface area contributed by atoms with Crippen molar-refractivity contribution in [2.24, 2.45) is 11.7 Å². The quantitative estimate of drug-likeness (QED) is 0.818. The largest absolute Gasteiger partial charge is 0.338 e. The van der Waals surface area contributed by atoms with E-state index in [1.807, 2.05) is 18.7 Å². The Bertz CT molecular complexity index is 656. The number of nitrogens with one attached hydrogen (secondary N) is 1. The summed E-state index contributed by atoms with van der Waals surface area (Å²) < 4.78 is 26.1. The molecule has 1 aromatic rings. The number of rotatable bonds is 6. The fourth-order valence-corrected chi connectivity index (χ4v) is 4.12. The van der Waals surface area contributed by atoms with Crippen molar-refractivity contribution in [3.8, 4) is 0 Å². The molecular formula is C17H27N3O3S. The summed E-state index contributed by atoms with van der Waals surface area (Å²) in [7, 11) is -3.31. The summed E-state index contributed by atoms with van der Waals surface area (Å²) >= 11 is 0. The van der Waals surface area contributed by atoms with Gasteiger partial charge in [0, 0.05) is 30.4 Å². The molecule has 0 saturated carbocycles. The zero-order valence-corrected chi connectivity index (χ0v) is 15.2. The van der Waals surface area contributed by atoms with Gasteiger partial charge in [0.2, 0.25) is 10.0 Å². The summed E-state index contributed by atoms with van der Waals surface area (Å²) in [5.41, 5.74) is 7.02. The van der Waals surface area contributed by atoms with Crippen LogP contribution in [-0.2, 0) is 10.0 Å². The van der Waals surface area contributed by atoms with Crippen LogP contribution in [0, 0.1) is 5.92 Å². The van der Waals surface area contributed by atoms with E-state index in [-0.39, 0.29) is 17.7 Å². The van der Waals surface area contributed by atoms with Crippen molar-refractivity contribution in [1.82, 2.24) is 4.90 Å². The molecule has 2 atom stereocenters. The lowest BCUT2D eigenvalue weighted by molar-refractivity contribution is 0.0661. The van der Waals surface area contributed by atoms with Crippen LogP contribution in [0.1, 0.15) is 43.5 Å².